The lowest BCUT2D eigenvalue weighted by Gasteiger charge is -2.21. The molecule has 1 saturated carbocycles. The summed E-state index contributed by atoms with van der Waals surface area (Å²) in [6, 6.07) is 5.75. The number of rotatable bonds is 5. The van der Waals surface area contributed by atoms with Crippen LogP contribution in [0.1, 0.15) is 44.9 Å². The summed E-state index contributed by atoms with van der Waals surface area (Å²) in [5.41, 5.74) is 3.16. The monoisotopic (exact) mass is 383 g/mol. The molecule has 7 nitrogen and oxygen atoms in total. The fourth-order valence-corrected chi connectivity index (χ4v) is 3.76. The van der Waals surface area contributed by atoms with E-state index in [0.717, 1.165) is 11.1 Å². The second kappa shape index (κ2) is 7.92. The first kappa shape index (κ1) is 18.3. The average Bonchev–Trinajstić information content (AvgIpc) is 3.15. The van der Waals surface area contributed by atoms with Gasteiger partial charge in [-0.05, 0) is 36.6 Å². The Bertz CT molecular complexity index is 1030. The number of benzene rings is 1. The second-order valence-electron chi connectivity index (χ2n) is 7.27. The minimum atomic E-state index is -0.399. The molecular weight excluding hydrogens is 361 g/mol. The number of halogens is 1. The Balaban J connectivity index is 1.49. The van der Waals surface area contributed by atoms with Crippen molar-refractivity contribution in [3.05, 3.63) is 53.0 Å². The quantitative estimate of drug-likeness (QED) is 0.734. The smallest absolute Gasteiger partial charge is 0.273 e. The Morgan fingerprint density at radius 3 is 2.68 bits per heavy atom. The Morgan fingerprint density at radius 1 is 1.18 bits per heavy atom. The Morgan fingerprint density at radius 2 is 1.93 bits per heavy atom. The summed E-state index contributed by atoms with van der Waals surface area (Å²) in [4.78, 5) is 29.2. The first-order chi connectivity index (χ1) is 13.6. The van der Waals surface area contributed by atoms with Crippen LogP contribution in [0, 0.1) is 11.7 Å². The summed E-state index contributed by atoms with van der Waals surface area (Å²) in [5, 5.41) is 4.46. The third kappa shape index (κ3) is 3.81. The van der Waals surface area contributed by atoms with Gasteiger partial charge in [-0.3, -0.25) is 15.0 Å². The number of amides is 1. The molecule has 0 spiro atoms. The number of aromatic nitrogens is 4. The highest BCUT2D eigenvalue weighted by molar-refractivity contribution is 5.84. The zero-order valence-corrected chi connectivity index (χ0v) is 15.5. The highest BCUT2D eigenvalue weighted by atomic mass is 19.1. The molecule has 146 valence electrons. The van der Waals surface area contributed by atoms with Crippen molar-refractivity contribution in [1.29, 1.82) is 0 Å². The van der Waals surface area contributed by atoms with E-state index in [1.54, 1.807) is 12.1 Å². The summed E-state index contributed by atoms with van der Waals surface area (Å²) in [7, 11) is 0. The predicted molar refractivity (Wildman–Crippen MR) is 103 cm³/mol. The van der Waals surface area contributed by atoms with Crippen molar-refractivity contribution < 1.29 is 9.18 Å². The van der Waals surface area contributed by atoms with E-state index in [2.05, 4.69) is 15.5 Å². The van der Waals surface area contributed by atoms with Crippen LogP contribution >= 0.6 is 0 Å². The molecule has 0 aliphatic heterocycles. The van der Waals surface area contributed by atoms with Crippen LogP contribution in [0.15, 0.2) is 41.6 Å². The molecule has 1 fully saturated rings. The van der Waals surface area contributed by atoms with Gasteiger partial charge in [-0.25, -0.2) is 18.7 Å². The van der Waals surface area contributed by atoms with Gasteiger partial charge in [0.2, 0.25) is 5.91 Å². The molecule has 1 aromatic carbocycles. The molecule has 0 unspecified atom stereocenters. The molecular formula is C20H22FN5O2. The molecule has 0 bridgehead atoms. The van der Waals surface area contributed by atoms with Gasteiger partial charge in [0.05, 0.1) is 11.9 Å². The van der Waals surface area contributed by atoms with Crippen molar-refractivity contribution in [2.75, 3.05) is 5.43 Å². The second-order valence-corrected chi connectivity index (χ2v) is 7.27. The normalized spacial score (nSPS) is 15.0. The van der Waals surface area contributed by atoms with Crippen LogP contribution in [0.3, 0.4) is 0 Å². The van der Waals surface area contributed by atoms with E-state index in [1.165, 1.54) is 61.4 Å². The fraction of sp³-hybridized carbons (Fsp3) is 0.400. The molecule has 2 heterocycles. The maximum atomic E-state index is 13.1. The van der Waals surface area contributed by atoms with E-state index in [1.807, 2.05) is 0 Å². The van der Waals surface area contributed by atoms with Crippen LogP contribution in [-0.4, -0.2) is 25.3 Å². The van der Waals surface area contributed by atoms with Crippen molar-refractivity contribution in [3.63, 3.8) is 0 Å². The lowest BCUT2D eigenvalue weighted by atomic mass is 9.86. The Kier molecular flexibility index (Phi) is 5.18. The first-order valence-corrected chi connectivity index (χ1v) is 9.63. The molecule has 1 N–H and O–H groups in total. The largest absolute Gasteiger partial charge is 0.283 e. The van der Waals surface area contributed by atoms with E-state index in [-0.39, 0.29) is 17.1 Å². The number of carbonyl (C=O) groups is 1. The van der Waals surface area contributed by atoms with Gasteiger partial charge < -0.3 is 0 Å². The maximum Gasteiger partial charge on any atom is 0.283 e. The molecule has 4 rings (SSSR count). The van der Waals surface area contributed by atoms with E-state index in [9.17, 15) is 14.0 Å². The van der Waals surface area contributed by atoms with Gasteiger partial charge in [-0.1, -0.05) is 32.1 Å². The molecule has 0 atom stereocenters. The van der Waals surface area contributed by atoms with Crippen LogP contribution in [0.5, 0.6) is 0 Å². The van der Waals surface area contributed by atoms with E-state index in [4.69, 9.17) is 0 Å². The molecule has 0 radical (unpaired) electrons. The maximum absolute atomic E-state index is 13.1. The lowest BCUT2D eigenvalue weighted by Crippen LogP contribution is -2.33. The Hall–Kier alpha value is -3.03. The highest BCUT2D eigenvalue weighted by Crippen LogP contribution is 2.27. The topological polar surface area (TPSA) is 81.8 Å². The highest BCUT2D eigenvalue weighted by Gasteiger charge is 2.16. The molecule has 3 aromatic rings. The number of fused-ring (bicyclic) bond motifs is 1. The van der Waals surface area contributed by atoms with Crippen molar-refractivity contribution in [2.24, 2.45) is 5.92 Å². The van der Waals surface area contributed by atoms with Gasteiger partial charge in [0, 0.05) is 6.42 Å². The van der Waals surface area contributed by atoms with Crippen molar-refractivity contribution >= 4 is 16.9 Å². The summed E-state index contributed by atoms with van der Waals surface area (Å²) in [5.74, 6) is 0.0528. The molecule has 28 heavy (non-hydrogen) atoms. The van der Waals surface area contributed by atoms with Gasteiger partial charge >= 0.3 is 0 Å². The third-order valence-electron chi connectivity index (χ3n) is 5.31. The van der Waals surface area contributed by atoms with Gasteiger partial charge in [0.1, 0.15) is 17.5 Å². The van der Waals surface area contributed by atoms with Crippen LogP contribution < -0.4 is 11.0 Å². The van der Waals surface area contributed by atoms with E-state index < -0.39 is 5.56 Å². The molecule has 0 saturated heterocycles. The number of carbonyl (C=O) groups excluding carboxylic acids is 1. The number of hydrogen-bond donors (Lipinski definition) is 1. The molecule has 8 heteroatoms. The van der Waals surface area contributed by atoms with Crippen molar-refractivity contribution in [1.82, 2.24) is 19.4 Å². The third-order valence-corrected chi connectivity index (χ3v) is 5.31. The molecule has 1 amide bonds. The van der Waals surface area contributed by atoms with Crippen LogP contribution in [0.2, 0.25) is 0 Å². The van der Waals surface area contributed by atoms with Gasteiger partial charge in [-0.2, -0.15) is 5.10 Å². The molecule has 2 aromatic heterocycles. The summed E-state index contributed by atoms with van der Waals surface area (Å²) in [6.07, 6.45) is 10.1. The zero-order chi connectivity index (χ0) is 19.5. The number of nitrogens with one attached hydrogen (secondary N) is 1. The van der Waals surface area contributed by atoms with E-state index >= 15 is 0 Å². The molecule has 1 aliphatic carbocycles. The van der Waals surface area contributed by atoms with Gasteiger partial charge in [0.25, 0.3) is 5.56 Å². The minimum Gasteiger partial charge on any atom is -0.273 e. The van der Waals surface area contributed by atoms with Gasteiger partial charge in [0.15, 0.2) is 5.65 Å². The van der Waals surface area contributed by atoms with Crippen LogP contribution in [-0.2, 0) is 4.79 Å². The minimum absolute atomic E-state index is 0.195. The van der Waals surface area contributed by atoms with Crippen molar-refractivity contribution in [3.8, 4) is 5.69 Å². The lowest BCUT2D eigenvalue weighted by molar-refractivity contribution is -0.117. The van der Waals surface area contributed by atoms with E-state index in [0.29, 0.717) is 23.7 Å². The van der Waals surface area contributed by atoms with Crippen LogP contribution in [0.25, 0.3) is 16.7 Å². The summed E-state index contributed by atoms with van der Waals surface area (Å²) < 4.78 is 15.7. The van der Waals surface area contributed by atoms with Gasteiger partial charge in [-0.15, -0.1) is 0 Å². The summed E-state index contributed by atoms with van der Waals surface area (Å²) >= 11 is 0. The SMILES string of the molecule is O=C(CCC1CCCCC1)Nn1cnc2c(cnn2-c2ccc(F)cc2)c1=O. The first-order valence-electron chi connectivity index (χ1n) is 9.63. The predicted octanol–water partition coefficient (Wildman–Crippen LogP) is 3.15. The van der Waals surface area contributed by atoms with Crippen LogP contribution in [0.4, 0.5) is 4.39 Å². The number of nitrogens with zero attached hydrogens (tertiary/aromatic N) is 4. The fourth-order valence-electron chi connectivity index (χ4n) is 3.76. The number of hydrogen-bond acceptors (Lipinski definition) is 4. The molecule has 1 aliphatic rings. The van der Waals surface area contributed by atoms with Crippen molar-refractivity contribution in [2.45, 2.75) is 44.9 Å². The Labute approximate surface area is 161 Å². The standard InChI is InChI=1S/C20H22FN5O2/c21-15-7-9-16(10-8-15)26-19-17(12-23-26)20(28)25(13-22-19)24-18(27)11-6-14-4-2-1-3-5-14/h7-10,12-14H,1-6,11H2,(H,24,27). The zero-order valence-electron chi connectivity index (χ0n) is 15.5. The summed E-state index contributed by atoms with van der Waals surface area (Å²) in [6.45, 7) is 0. The average molecular weight is 383 g/mol.